The number of ether oxygens (including phenoxy) is 3. The van der Waals surface area contributed by atoms with Crippen LogP contribution in [-0.2, 0) is 11.2 Å². The third-order valence-corrected chi connectivity index (χ3v) is 6.82. The van der Waals surface area contributed by atoms with Crippen LogP contribution in [0.3, 0.4) is 0 Å². The Morgan fingerprint density at radius 3 is 2.70 bits per heavy atom. The number of morpholine rings is 1. The zero-order valence-electron chi connectivity index (χ0n) is 21.1. The van der Waals surface area contributed by atoms with Gasteiger partial charge in [0.25, 0.3) is 0 Å². The smallest absolute Gasteiger partial charge is 0.233 e. The average Bonchev–Trinajstić information content (AvgIpc) is 3.51. The number of anilines is 3. The summed E-state index contributed by atoms with van der Waals surface area (Å²) in [5.41, 5.74) is 4.07. The number of rotatable bonds is 6. The molecule has 0 amide bonds. The van der Waals surface area contributed by atoms with Crippen LogP contribution < -0.4 is 19.7 Å². The minimum absolute atomic E-state index is 0.0946. The summed E-state index contributed by atoms with van der Waals surface area (Å²) in [6.45, 7) is 5.81. The monoisotopic (exact) mass is 499 g/mol. The number of hydrogen-bond acceptors (Lipinski definition) is 8. The molecule has 4 aromatic rings. The highest BCUT2D eigenvalue weighted by atomic mass is 16.5. The molecule has 1 aliphatic heterocycles. The summed E-state index contributed by atoms with van der Waals surface area (Å²) in [6.07, 6.45) is 3.35. The molecule has 0 spiro atoms. The van der Waals surface area contributed by atoms with Crippen molar-refractivity contribution in [3.8, 4) is 17.4 Å². The highest BCUT2D eigenvalue weighted by Crippen LogP contribution is 2.37. The fourth-order valence-corrected chi connectivity index (χ4v) is 5.20. The topological polar surface area (TPSA) is 102 Å². The second-order valence-electron chi connectivity index (χ2n) is 9.58. The van der Waals surface area contributed by atoms with Crippen LogP contribution in [0.25, 0.3) is 11.0 Å². The normalized spacial score (nSPS) is 19.2. The molecule has 0 unspecified atom stereocenters. The molecule has 2 aromatic heterocycles. The quantitative estimate of drug-likeness (QED) is 0.371. The van der Waals surface area contributed by atoms with Gasteiger partial charge in [-0.15, -0.1) is 0 Å². The van der Waals surface area contributed by atoms with Gasteiger partial charge < -0.3 is 29.4 Å². The molecular weight excluding hydrogens is 470 g/mol. The number of aryl methyl sites for hydroxylation is 1. The van der Waals surface area contributed by atoms with E-state index in [4.69, 9.17) is 14.2 Å². The third-order valence-electron chi connectivity index (χ3n) is 6.82. The Morgan fingerprint density at radius 2 is 1.89 bits per heavy atom. The number of ketones is 1. The molecule has 0 saturated carbocycles. The van der Waals surface area contributed by atoms with Gasteiger partial charge in [-0.25, -0.2) is 0 Å². The summed E-state index contributed by atoms with van der Waals surface area (Å²) >= 11 is 0. The molecule has 0 radical (unpaired) electrons. The Bertz CT molecular complexity index is 1470. The van der Waals surface area contributed by atoms with E-state index in [2.05, 4.69) is 45.1 Å². The van der Waals surface area contributed by atoms with E-state index in [1.165, 1.54) is 0 Å². The van der Waals surface area contributed by atoms with Crippen molar-refractivity contribution in [3.63, 3.8) is 0 Å². The molecule has 37 heavy (non-hydrogen) atoms. The van der Waals surface area contributed by atoms with Gasteiger partial charge in [-0.1, -0.05) is 12.1 Å². The molecule has 9 heteroatoms. The van der Waals surface area contributed by atoms with Crippen LogP contribution in [0, 0.1) is 0 Å². The van der Waals surface area contributed by atoms with Gasteiger partial charge in [0, 0.05) is 37.5 Å². The number of carbonyl (C=O) groups excluding carboxylic acids is 1. The van der Waals surface area contributed by atoms with E-state index in [1.807, 2.05) is 36.4 Å². The second-order valence-corrected chi connectivity index (χ2v) is 9.58. The number of fused-ring (bicyclic) bond motifs is 2. The van der Waals surface area contributed by atoms with E-state index in [9.17, 15) is 4.79 Å². The molecule has 1 aliphatic carbocycles. The van der Waals surface area contributed by atoms with Gasteiger partial charge >= 0.3 is 0 Å². The number of Topliss-reactive ketones (excluding diaryl/α,β-unsaturated/α-hetero) is 1. The highest BCUT2D eigenvalue weighted by Gasteiger charge is 2.25. The van der Waals surface area contributed by atoms with Crippen LogP contribution in [-0.4, -0.2) is 53.1 Å². The molecule has 1 fully saturated rings. The number of nitrogens with zero attached hydrogens (tertiary/aromatic N) is 3. The number of carbonyl (C=O) groups is 1. The van der Waals surface area contributed by atoms with Gasteiger partial charge in [0.15, 0.2) is 5.78 Å². The number of H-pyrrole nitrogens is 1. The molecule has 2 aliphatic rings. The van der Waals surface area contributed by atoms with Crippen LogP contribution in [0.15, 0.2) is 48.7 Å². The van der Waals surface area contributed by atoms with E-state index in [0.717, 1.165) is 41.8 Å². The minimum Gasteiger partial charge on any atom is -0.494 e. The summed E-state index contributed by atoms with van der Waals surface area (Å²) in [5.74, 6) is 2.01. The number of aromatic amines is 1. The first-order chi connectivity index (χ1) is 18.0. The number of nitrogens with one attached hydrogen (secondary N) is 2. The molecule has 0 bridgehead atoms. The van der Waals surface area contributed by atoms with Crippen molar-refractivity contribution in [2.24, 2.45) is 0 Å². The standard InChI is InChI=1S/C28H29N5O4/c1-16-14-33(15-17(2)36-16)19-8-9-21(24(13-19)35-3)30-28-31-26-20(11-12-29-26)27(32-28)37-23-6-4-5-18-7-10-22(34)25(18)23/h4-6,8-9,11-13,16-17H,7,10,14-15H2,1-3H3,(H2,29,30,31,32)/t16-,17+. The van der Waals surface area contributed by atoms with E-state index >= 15 is 0 Å². The lowest BCUT2D eigenvalue weighted by atomic mass is 10.1. The van der Waals surface area contributed by atoms with Crippen molar-refractivity contribution in [1.82, 2.24) is 15.0 Å². The van der Waals surface area contributed by atoms with Crippen LogP contribution in [0.2, 0.25) is 0 Å². The summed E-state index contributed by atoms with van der Waals surface area (Å²) in [4.78, 5) is 27.2. The Labute approximate surface area is 214 Å². The zero-order chi connectivity index (χ0) is 25.5. The maximum atomic E-state index is 12.5. The summed E-state index contributed by atoms with van der Waals surface area (Å²) in [6, 6.07) is 13.6. The number of methoxy groups -OCH3 is 1. The van der Waals surface area contributed by atoms with E-state index in [1.54, 1.807) is 13.3 Å². The Balaban J connectivity index is 1.31. The second kappa shape index (κ2) is 9.40. The molecule has 190 valence electrons. The molecule has 9 nitrogen and oxygen atoms in total. The van der Waals surface area contributed by atoms with Crippen LogP contribution in [0.4, 0.5) is 17.3 Å². The first-order valence-corrected chi connectivity index (χ1v) is 12.5. The first-order valence-electron chi connectivity index (χ1n) is 12.5. The molecule has 1 saturated heterocycles. The molecule has 2 aromatic carbocycles. The van der Waals surface area contributed by atoms with Crippen molar-refractivity contribution in [3.05, 3.63) is 59.8 Å². The van der Waals surface area contributed by atoms with Crippen molar-refractivity contribution in [2.45, 2.75) is 38.9 Å². The van der Waals surface area contributed by atoms with Gasteiger partial charge in [-0.2, -0.15) is 9.97 Å². The predicted molar refractivity (Wildman–Crippen MR) is 142 cm³/mol. The van der Waals surface area contributed by atoms with Gasteiger partial charge in [-0.05, 0) is 50.1 Å². The van der Waals surface area contributed by atoms with Crippen molar-refractivity contribution < 1.29 is 19.0 Å². The maximum Gasteiger partial charge on any atom is 0.233 e. The minimum atomic E-state index is 0.0946. The fraction of sp³-hybridized carbons (Fsp3) is 0.321. The lowest BCUT2D eigenvalue weighted by Crippen LogP contribution is -2.45. The van der Waals surface area contributed by atoms with Crippen LogP contribution in [0.5, 0.6) is 17.4 Å². The number of benzene rings is 2. The fourth-order valence-electron chi connectivity index (χ4n) is 5.20. The van der Waals surface area contributed by atoms with E-state index in [0.29, 0.717) is 41.0 Å². The average molecular weight is 500 g/mol. The van der Waals surface area contributed by atoms with Gasteiger partial charge in [0.2, 0.25) is 11.8 Å². The summed E-state index contributed by atoms with van der Waals surface area (Å²) in [5, 5.41) is 4.01. The zero-order valence-corrected chi connectivity index (χ0v) is 21.1. The van der Waals surface area contributed by atoms with E-state index in [-0.39, 0.29) is 18.0 Å². The molecule has 2 N–H and O–H groups in total. The molecule has 3 heterocycles. The highest BCUT2D eigenvalue weighted by molar-refractivity contribution is 6.03. The molecule has 6 rings (SSSR count). The number of aromatic nitrogens is 3. The Hall–Kier alpha value is -4.11. The Morgan fingerprint density at radius 1 is 1.05 bits per heavy atom. The van der Waals surface area contributed by atoms with Gasteiger partial charge in [0.05, 0.1) is 36.0 Å². The van der Waals surface area contributed by atoms with Crippen molar-refractivity contribution in [1.29, 1.82) is 0 Å². The third kappa shape index (κ3) is 4.46. The lowest BCUT2D eigenvalue weighted by molar-refractivity contribution is -0.00522. The maximum absolute atomic E-state index is 12.5. The predicted octanol–water partition coefficient (Wildman–Crippen LogP) is 5.24. The lowest BCUT2D eigenvalue weighted by Gasteiger charge is -2.37. The summed E-state index contributed by atoms with van der Waals surface area (Å²) < 4.78 is 17.8. The summed E-state index contributed by atoms with van der Waals surface area (Å²) in [7, 11) is 1.64. The van der Waals surface area contributed by atoms with Crippen LogP contribution >= 0.6 is 0 Å². The largest absolute Gasteiger partial charge is 0.494 e. The molecular formula is C28H29N5O4. The first kappa shape index (κ1) is 23.3. The Kier molecular flexibility index (Phi) is 5.92. The van der Waals surface area contributed by atoms with Crippen molar-refractivity contribution in [2.75, 3.05) is 30.4 Å². The SMILES string of the molecule is COc1cc(N2C[C@@H](C)O[C@@H](C)C2)ccc1Nc1nc(Oc2cccc3c2C(=O)CC3)c2cc[nH]c2n1. The van der Waals surface area contributed by atoms with E-state index < -0.39 is 0 Å². The number of hydrogen-bond donors (Lipinski definition) is 2. The molecule has 2 atom stereocenters. The van der Waals surface area contributed by atoms with Crippen LogP contribution in [0.1, 0.15) is 36.2 Å². The van der Waals surface area contributed by atoms with Gasteiger partial charge in [-0.3, -0.25) is 4.79 Å². The van der Waals surface area contributed by atoms with Crippen molar-refractivity contribution >= 4 is 34.1 Å². The van der Waals surface area contributed by atoms with Gasteiger partial charge in [0.1, 0.15) is 17.1 Å².